The van der Waals surface area contributed by atoms with Crippen LogP contribution in [0.1, 0.15) is 18.2 Å². The fourth-order valence-corrected chi connectivity index (χ4v) is 1.67. The zero-order valence-electron chi connectivity index (χ0n) is 10.3. The lowest BCUT2D eigenvalue weighted by Crippen LogP contribution is -2.13. The highest BCUT2D eigenvalue weighted by Crippen LogP contribution is 2.24. The molecule has 7 nitrogen and oxygen atoms in total. The third kappa shape index (κ3) is 2.02. The van der Waals surface area contributed by atoms with Crippen molar-refractivity contribution in [2.75, 3.05) is 5.73 Å². The number of nitrogen functional groups attached to an aromatic ring is 1. The molecule has 18 heavy (non-hydrogen) atoms. The normalized spacial score (nSPS) is 11.2. The molecule has 7 heteroatoms. The van der Waals surface area contributed by atoms with E-state index in [1.54, 1.807) is 11.2 Å². The average molecular weight is 246 g/mol. The summed E-state index contributed by atoms with van der Waals surface area (Å²) in [5.74, 6) is 0. The first-order valence-corrected chi connectivity index (χ1v) is 5.40. The molecule has 2 aromatic rings. The number of hydrazone groups is 1. The van der Waals surface area contributed by atoms with Gasteiger partial charge in [0.2, 0.25) is 5.65 Å². The smallest absolute Gasteiger partial charge is 0.226 e. The number of aryl methyl sites for hydroxylation is 1. The molecular weight excluding hydrogens is 232 g/mol. The third-order valence-electron chi connectivity index (χ3n) is 2.58. The number of anilines is 1. The number of hydrogen-bond donors (Lipinski definition) is 1. The zero-order chi connectivity index (χ0) is 13.1. The van der Waals surface area contributed by atoms with Crippen LogP contribution >= 0.6 is 0 Å². The maximum Gasteiger partial charge on any atom is 0.226 e. The number of allylic oxidation sites excluding steroid dienone is 1. The van der Waals surface area contributed by atoms with E-state index >= 15 is 0 Å². The van der Waals surface area contributed by atoms with Gasteiger partial charge in [0.05, 0.1) is 12.2 Å². The standard InChI is InChI=1S/C11H14N6O/c1-4-5-17(13-3)6-8-7(2)14-11-10(9(8)12)15-18-16-11/h4-5H,3,6,12H2,1-2H3/b5-4-. The van der Waals surface area contributed by atoms with Gasteiger partial charge >= 0.3 is 0 Å². The van der Waals surface area contributed by atoms with Gasteiger partial charge in [0, 0.05) is 24.2 Å². The number of aromatic nitrogens is 3. The van der Waals surface area contributed by atoms with E-state index in [-0.39, 0.29) is 0 Å². The van der Waals surface area contributed by atoms with Crippen molar-refractivity contribution >= 4 is 23.6 Å². The van der Waals surface area contributed by atoms with Crippen molar-refractivity contribution in [2.24, 2.45) is 5.10 Å². The number of pyridine rings is 1. The Balaban J connectivity index is 2.46. The summed E-state index contributed by atoms with van der Waals surface area (Å²) in [6, 6.07) is 0. The van der Waals surface area contributed by atoms with Gasteiger partial charge in [0.1, 0.15) is 0 Å². The minimum atomic E-state index is 0.415. The molecule has 0 fully saturated rings. The summed E-state index contributed by atoms with van der Waals surface area (Å²) in [6.45, 7) is 7.74. The molecule has 0 radical (unpaired) electrons. The van der Waals surface area contributed by atoms with Gasteiger partial charge < -0.3 is 5.73 Å². The van der Waals surface area contributed by atoms with Crippen molar-refractivity contribution in [1.29, 1.82) is 0 Å². The Hall–Kier alpha value is -2.44. The lowest BCUT2D eigenvalue weighted by molar-refractivity contribution is 0.315. The molecule has 0 aliphatic carbocycles. The predicted molar refractivity (Wildman–Crippen MR) is 68.7 cm³/mol. The van der Waals surface area contributed by atoms with Crippen LogP contribution in [0.4, 0.5) is 5.69 Å². The van der Waals surface area contributed by atoms with Crippen LogP contribution in [0.2, 0.25) is 0 Å². The maximum atomic E-state index is 6.05. The highest BCUT2D eigenvalue weighted by molar-refractivity contribution is 5.85. The van der Waals surface area contributed by atoms with Crippen molar-refractivity contribution in [3.63, 3.8) is 0 Å². The number of rotatable bonds is 4. The van der Waals surface area contributed by atoms with E-state index in [2.05, 4.69) is 31.7 Å². The quantitative estimate of drug-likeness (QED) is 0.648. The van der Waals surface area contributed by atoms with Crippen molar-refractivity contribution in [2.45, 2.75) is 20.4 Å². The Bertz CT molecular complexity index is 603. The van der Waals surface area contributed by atoms with Crippen LogP contribution in [-0.4, -0.2) is 27.0 Å². The predicted octanol–water partition coefficient (Wildman–Crippen LogP) is 1.46. The minimum Gasteiger partial charge on any atom is -0.396 e. The van der Waals surface area contributed by atoms with Crippen LogP contribution < -0.4 is 5.73 Å². The van der Waals surface area contributed by atoms with E-state index in [4.69, 9.17) is 5.73 Å². The highest BCUT2D eigenvalue weighted by Gasteiger charge is 2.15. The SMILES string of the molecule is C=NN(/C=C\C)Cc1c(C)nc2nonc2c1N. The summed E-state index contributed by atoms with van der Waals surface area (Å²) in [6.07, 6.45) is 3.67. The van der Waals surface area contributed by atoms with Crippen LogP contribution in [0.5, 0.6) is 0 Å². The Morgan fingerprint density at radius 3 is 2.94 bits per heavy atom. The molecule has 0 aliphatic heterocycles. The van der Waals surface area contributed by atoms with Gasteiger partial charge in [-0.25, -0.2) is 9.61 Å². The van der Waals surface area contributed by atoms with Crippen LogP contribution in [0, 0.1) is 6.92 Å². The summed E-state index contributed by atoms with van der Waals surface area (Å²) in [4.78, 5) is 4.28. The van der Waals surface area contributed by atoms with Gasteiger partial charge in [0.15, 0.2) is 5.52 Å². The first-order valence-electron chi connectivity index (χ1n) is 5.40. The Morgan fingerprint density at radius 2 is 2.28 bits per heavy atom. The molecule has 0 unspecified atom stereocenters. The summed E-state index contributed by atoms with van der Waals surface area (Å²) in [5.41, 5.74) is 9.05. The first kappa shape index (κ1) is 12.0. The summed E-state index contributed by atoms with van der Waals surface area (Å²) >= 11 is 0. The van der Waals surface area contributed by atoms with Gasteiger partial charge in [-0.05, 0) is 24.2 Å². The van der Waals surface area contributed by atoms with Gasteiger partial charge in [-0.2, -0.15) is 5.10 Å². The van der Waals surface area contributed by atoms with Crippen molar-refractivity contribution in [3.8, 4) is 0 Å². The molecule has 0 bridgehead atoms. The van der Waals surface area contributed by atoms with Crippen molar-refractivity contribution in [3.05, 3.63) is 23.5 Å². The van der Waals surface area contributed by atoms with Crippen LogP contribution in [0.3, 0.4) is 0 Å². The molecule has 0 amide bonds. The van der Waals surface area contributed by atoms with Crippen molar-refractivity contribution < 1.29 is 4.63 Å². The Labute approximate surface area is 104 Å². The number of nitrogens with zero attached hydrogens (tertiary/aromatic N) is 5. The second-order valence-corrected chi connectivity index (χ2v) is 3.75. The molecule has 0 atom stereocenters. The van der Waals surface area contributed by atoms with E-state index in [1.807, 2.05) is 19.9 Å². The largest absolute Gasteiger partial charge is 0.396 e. The molecule has 2 aromatic heterocycles. The molecule has 0 saturated heterocycles. The molecular formula is C11H14N6O. The fraction of sp³-hybridized carbons (Fsp3) is 0.273. The monoisotopic (exact) mass is 246 g/mol. The zero-order valence-corrected chi connectivity index (χ0v) is 10.3. The third-order valence-corrected chi connectivity index (χ3v) is 2.58. The molecule has 0 spiro atoms. The van der Waals surface area contributed by atoms with Gasteiger partial charge in [-0.15, -0.1) is 0 Å². The lowest BCUT2D eigenvalue weighted by Gasteiger charge is -2.16. The first-order chi connectivity index (χ1) is 8.67. The molecule has 0 saturated carbocycles. The Kier molecular flexibility index (Phi) is 3.22. The topological polar surface area (TPSA) is 93.4 Å². The summed E-state index contributed by atoms with van der Waals surface area (Å²) < 4.78 is 4.63. The second-order valence-electron chi connectivity index (χ2n) is 3.75. The van der Waals surface area contributed by atoms with Gasteiger partial charge in [0.25, 0.3) is 0 Å². The fourth-order valence-electron chi connectivity index (χ4n) is 1.67. The van der Waals surface area contributed by atoms with Crippen LogP contribution in [0.25, 0.3) is 11.2 Å². The molecule has 0 aliphatic rings. The van der Waals surface area contributed by atoms with Crippen LogP contribution in [0.15, 0.2) is 22.0 Å². The highest BCUT2D eigenvalue weighted by atomic mass is 16.6. The van der Waals surface area contributed by atoms with E-state index in [0.29, 0.717) is 23.4 Å². The lowest BCUT2D eigenvalue weighted by atomic mass is 10.1. The van der Waals surface area contributed by atoms with Gasteiger partial charge in [-0.1, -0.05) is 6.08 Å². The van der Waals surface area contributed by atoms with Crippen molar-refractivity contribution in [1.82, 2.24) is 20.3 Å². The molecule has 94 valence electrons. The van der Waals surface area contributed by atoms with Crippen LogP contribution in [-0.2, 0) is 6.54 Å². The minimum absolute atomic E-state index is 0.415. The van der Waals surface area contributed by atoms with E-state index < -0.39 is 0 Å². The Morgan fingerprint density at radius 1 is 1.50 bits per heavy atom. The number of hydrogen-bond acceptors (Lipinski definition) is 7. The molecule has 2 N–H and O–H groups in total. The number of fused-ring (bicyclic) bond motifs is 1. The van der Waals surface area contributed by atoms with E-state index in [9.17, 15) is 0 Å². The molecule has 0 aromatic carbocycles. The van der Waals surface area contributed by atoms with E-state index in [1.165, 1.54) is 0 Å². The summed E-state index contributed by atoms with van der Waals surface area (Å²) in [5, 5.41) is 13.0. The number of nitrogens with two attached hydrogens (primary N) is 1. The molecule has 2 heterocycles. The van der Waals surface area contributed by atoms with Gasteiger partial charge in [-0.3, -0.25) is 5.01 Å². The van der Waals surface area contributed by atoms with E-state index in [0.717, 1.165) is 11.3 Å². The average Bonchev–Trinajstić information content (AvgIpc) is 2.81. The second kappa shape index (κ2) is 4.82. The maximum absolute atomic E-state index is 6.05. The molecule has 2 rings (SSSR count). The summed E-state index contributed by atoms with van der Waals surface area (Å²) in [7, 11) is 0.